The molecule has 0 saturated carbocycles. The highest BCUT2D eigenvalue weighted by molar-refractivity contribution is 7.90. The molecule has 0 unspecified atom stereocenters. The van der Waals surface area contributed by atoms with Crippen molar-refractivity contribution in [2.75, 3.05) is 58.5 Å². The van der Waals surface area contributed by atoms with Crippen LogP contribution in [0.15, 0.2) is 162 Å². The summed E-state index contributed by atoms with van der Waals surface area (Å²) < 4.78 is 60.3. The van der Waals surface area contributed by atoms with E-state index < -0.39 is 25.4 Å². The summed E-state index contributed by atoms with van der Waals surface area (Å²) >= 11 is 11.1. The Balaban J connectivity index is 0.000000172. The van der Waals surface area contributed by atoms with Crippen molar-refractivity contribution < 1.29 is 31.4 Å². The minimum atomic E-state index is -3.16. The highest BCUT2D eigenvalue weighted by atomic mass is 35.5. The molecule has 0 bridgehead atoms. The van der Waals surface area contributed by atoms with Crippen molar-refractivity contribution in [3.05, 3.63) is 229 Å². The summed E-state index contributed by atoms with van der Waals surface area (Å²) in [6.45, 7) is 7.80. The van der Waals surface area contributed by atoms with E-state index in [0.29, 0.717) is 59.2 Å². The first-order valence-electron chi connectivity index (χ1n) is 28.3. The summed E-state index contributed by atoms with van der Waals surface area (Å²) in [5.41, 5.74) is 18.2. The number of ether oxygens (including phenoxy) is 2. The lowest BCUT2D eigenvalue weighted by molar-refractivity contribution is 0.408. The highest BCUT2D eigenvalue weighted by Gasteiger charge is 2.16. The number of benzene rings is 5. The van der Waals surface area contributed by atoms with Crippen molar-refractivity contribution in [1.82, 2.24) is 44.7 Å². The van der Waals surface area contributed by atoms with Crippen LogP contribution in [-0.4, -0.2) is 119 Å². The molecule has 0 aliphatic heterocycles. The topological polar surface area (TPSA) is 253 Å². The quantitative estimate of drug-likeness (QED) is 0.0354. The van der Waals surface area contributed by atoms with Gasteiger partial charge in [0.25, 0.3) is 0 Å². The molecular weight excluding hydrogens is 1200 g/mol. The number of halogens is 2. The minimum Gasteiger partial charge on any atom is -0.508 e. The van der Waals surface area contributed by atoms with Crippen LogP contribution in [0.4, 0.5) is 5.69 Å². The van der Waals surface area contributed by atoms with Crippen LogP contribution in [0.1, 0.15) is 77.2 Å². The fourth-order valence-electron chi connectivity index (χ4n) is 9.40. The van der Waals surface area contributed by atoms with E-state index in [2.05, 4.69) is 73.0 Å². The van der Waals surface area contributed by atoms with Gasteiger partial charge < -0.3 is 35.1 Å². The number of nitrogens with two attached hydrogens (primary N) is 1. The summed E-state index contributed by atoms with van der Waals surface area (Å²) in [5.74, 6) is 3.88. The predicted octanol–water partition coefficient (Wildman–Crippen LogP) is 12.3. The molecule has 0 spiro atoms. The molecular formula is C66H74Cl2N10O8S2. The zero-order valence-corrected chi connectivity index (χ0v) is 53.5. The number of H-pyrrole nitrogens is 2. The van der Waals surface area contributed by atoms with Crippen LogP contribution in [0, 0.1) is 6.92 Å². The number of aromatic nitrogens is 7. The van der Waals surface area contributed by atoms with E-state index in [9.17, 15) is 21.6 Å². The van der Waals surface area contributed by atoms with E-state index in [1.54, 1.807) is 54.9 Å². The Morgan fingerprint density at radius 1 is 0.602 bits per heavy atom. The first-order chi connectivity index (χ1) is 41.9. The number of hydrogen-bond donors (Lipinski definition) is 4. The number of aryl methyl sites for hydroxylation is 1. The van der Waals surface area contributed by atoms with Gasteiger partial charge in [0, 0.05) is 59.4 Å². The van der Waals surface area contributed by atoms with Gasteiger partial charge in [0.15, 0.2) is 19.7 Å². The van der Waals surface area contributed by atoms with Gasteiger partial charge in [-0.2, -0.15) is 9.97 Å². The van der Waals surface area contributed by atoms with Crippen LogP contribution >= 0.6 is 23.2 Å². The van der Waals surface area contributed by atoms with Crippen LogP contribution in [-0.2, 0) is 50.4 Å². The molecule has 4 heterocycles. The van der Waals surface area contributed by atoms with Crippen molar-refractivity contribution in [2.45, 2.75) is 64.4 Å². The fraction of sp³-hybridized carbons (Fsp3) is 0.273. The van der Waals surface area contributed by atoms with Crippen LogP contribution in [0.3, 0.4) is 0 Å². The van der Waals surface area contributed by atoms with E-state index in [1.165, 1.54) is 45.7 Å². The van der Waals surface area contributed by atoms with E-state index in [-0.39, 0.29) is 28.3 Å². The SMILES string of the molecule is CC1=Cc2cc(O)ccc2C1.CC1=Cc2cc(Oc3ccnc(Cl)n3)ccc2C1.CN(C)CCCS(=O)(=O)Cc1cccc(N)c1.Cc1cc2cc(Oc3ccnc(Cc4cccc(CS(=O)(=O)CCCN(C)C)c4)n3)ccc2[nH]1.O=c1nccc(Cl)[nH]1. The van der Waals surface area contributed by atoms with Gasteiger partial charge in [-0.1, -0.05) is 83.4 Å². The van der Waals surface area contributed by atoms with Gasteiger partial charge >= 0.3 is 5.69 Å². The molecule has 0 saturated heterocycles. The monoisotopic (exact) mass is 1270 g/mol. The molecule has 0 amide bonds. The van der Waals surface area contributed by atoms with E-state index in [4.69, 9.17) is 43.5 Å². The van der Waals surface area contributed by atoms with Gasteiger partial charge in [-0.05, 0) is 205 Å². The van der Waals surface area contributed by atoms with Crippen molar-refractivity contribution >= 4 is 71.6 Å². The Bertz CT molecular complexity index is 4170. The summed E-state index contributed by atoms with van der Waals surface area (Å²) in [6, 6.07) is 39.1. The largest absolute Gasteiger partial charge is 0.508 e. The molecule has 2 aliphatic carbocycles. The molecule has 5 N–H and O–H groups in total. The maximum atomic E-state index is 12.5. The summed E-state index contributed by atoms with van der Waals surface area (Å²) in [5, 5.41) is 10.7. The fourth-order valence-corrected chi connectivity index (χ4v) is 12.5. The number of anilines is 1. The third-order valence-electron chi connectivity index (χ3n) is 13.3. The zero-order valence-electron chi connectivity index (χ0n) is 50.4. The van der Waals surface area contributed by atoms with E-state index in [1.807, 2.05) is 112 Å². The van der Waals surface area contributed by atoms with Crippen molar-refractivity contribution in [2.24, 2.45) is 0 Å². The molecule has 0 atom stereocenters. The number of fused-ring (bicyclic) bond motifs is 3. The number of phenolic OH excluding ortho intramolecular Hbond substituents is 1. The van der Waals surface area contributed by atoms with Gasteiger partial charge in [0.1, 0.15) is 28.2 Å². The molecule has 0 fully saturated rings. The van der Waals surface area contributed by atoms with Crippen LogP contribution in [0.5, 0.6) is 29.0 Å². The Morgan fingerprint density at radius 3 is 1.76 bits per heavy atom. The average molecular weight is 1270 g/mol. The Labute approximate surface area is 525 Å². The molecule has 4 aromatic heterocycles. The number of allylic oxidation sites excluding steroid dienone is 2. The molecule has 5 aromatic carbocycles. The summed E-state index contributed by atoms with van der Waals surface area (Å²) in [7, 11) is 1.57. The smallest absolute Gasteiger partial charge is 0.346 e. The number of hydrogen-bond acceptors (Lipinski definition) is 16. The Kier molecular flexibility index (Phi) is 24.6. The number of nitrogen functional groups attached to an aromatic ring is 1. The predicted molar refractivity (Wildman–Crippen MR) is 353 cm³/mol. The highest BCUT2D eigenvalue weighted by Crippen LogP contribution is 2.31. The van der Waals surface area contributed by atoms with Gasteiger partial charge in [-0.15, -0.1) is 0 Å². The Hall–Kier alpha value is -8.24. The average Bonchev–Trinajstić information content (AvgIpc) is 3.63. The van der Waals surface area contributed by atoms with Crippen molar-refractivity contribution in [1.29, 1.82) is 0 Å². The number of phenols is 1. The van der Waals surface area contributed by atoms with Crippen molar-refractivity contribution in [3.63, 3.8) is 0 Å². The maximum Gasteiger partial charge on any atom is 0.346 e. The maximum absolute atomic E-state index is 12.5. The van der Waals surface area contributed by atoms with Gasteiger partial charge in [-0.3, -0.25) is 4.98 Å². The molecule has 9 aromatic rings. The normalized spacial score (nSPS) is 12.2. The number of aromatic hydroxyl groups is 1. The number of sulfone groups is 2. The summed E-state index contributed by atoms with van der Waals surface area (Å²) in [4.78, 5) is 39.9. The minimum absolute atomic E-state index is 0.0411. The molecule has 22 heteroatoms. The second-order valence-corrected chi connectivity index (χ2v) is 27.0. The van der Waals surface area contributed by atoms with Gasteiger partial charge in [0.2, 0.25) is 17.0 Å². The number of nitrogens with zero attached hydrogens (tertiary/aromatic N) is 7. The van der Waals surface area contributed by atoms with Gasteiger partial charge in [0.05, 0.1) is 23.0 Å². The van der Waals surface area contributed by atoms with Crippen LogP contribution in [0.2, 0.25) is 10.4 Å². The van der Waals surface area contributed by atoms with Crippen molar-refractivity contribution in [3.8, 4) is 29.0 Å². The molecule has 11 rings (SSSR count). The molecule has 0 radical (unpaired) electrons. The number of rotatable bonds is 18. The third-order valence-corrected chi connectivity index (χ3v) is 17.0. The van der Waals surface area contributed by atoms with Crippen LogP contribution in [0.25, 0.3) is 23.1 Å². The second-order valence-electron chi connectivity index (χ2n) is 21.9. The zero-order chi connectivity index (χ0) is 63.4. The lowest BCUT2D eigenvalue weighted by atomic mass is 10.1. The first-order valence-corrected chi connectivity index (χ1v) is 32.7. The number of aromatic amines is 2. The Morgan fingerprint density at radius 2 is 1.16 bits per heavy atom. The molecule has 88 heavy (non-hydrogen) atoms. The third kappa shape index (κ3) is 23.1. The molecule has 2 aliphatic rings. The second kappa shape index (κ2) is 32.1. The lowest BCUT2D eigenvalue weighted by Crippen LogP contribution is -2.18. The van der Waals surface area contributed by atoms with E-state index in [0.717, 1.165) is 65.0 Å². The number of nitrogens with one attached hydrogen (secondary N) is 2. The molecule has 462 valence electrons. The molecule has 18 nitrogen and oxygen atoms in total. The van der Waals surface area contributed by atoms with Crippen LogP contribution < -0.4 is 20.9 Å². The summed E-state index contributed by atoms with van der Waals surface area (Å²) in [6.07, 6.45) is 12.7. The first kappa shape index (κ1) is 67.3. The van der Waals surface area contributed by atoms with Gasteiger partial charge in [-0.25, -0.2) is 36.6 Å². The lowest BCUT2D eigenvalue weighted by Gasteiger charge is -2.10. The van der Waals surface area contributed by atoms with E-state index >= 15 is 0 Å². The standard InChI is InChI=1S/C26H30N4O3S.C14H11ClN2O.C12H20N2O2S.C10H10O.C4H3ClN2O/c1-19-14-22-17-23(8-9-24(22)28-19)33-26-10-11-27-25(29-26)16-20-6-4-7-21(15-20)18-34(31,32)13-5-12-30(2)3;1-9-6-10-2-3-12(8-11(10)7-9)18-13-4-5-16-14(15)17-13;1-14(2)7-4-8-17(15,16)10-11-5-3-6-12(13)9-11;1-7-4-8-2-3-10(11)6-9(8)5-7;5-3-1-2-6-4(8)7-3/h4,6-11,14-15,17,28H,5,12-13,16,18H2,1-3H3;2-5,7-8H,6H2,1H3;3,5-6,9H,4,7-8,10,13H2,1-2H3;2-3,5-6,11H,4H2,1H3;1-2H,(H,6,7,8).